The fourth-order valence-corrected chi connectivity index (χ4v) is 4.28. The number of fused-ring (bicyclic) bond motifs is 2. The number of thioether (sulfide) groups is 1. The van der Waals surface area contributed by atoms with Crippen LogP contribution in [0, 0.1) is 5.92 Å². The Kier molecular flexibility index (Phi) is 3.34. The first-order chi connectivity index (χ1) is 9.14. The molecule has 102 valence electrons. The fourth-order valence-electron chi connectivity index (χ4n) is 3.84. The molecule has 0 aromatic heterocycles. The van der Waals surface area contributed by atoms with Crippen molar-refractivity contribution < 1.29 is 9.90 Å². The second-order valence-corrected chi connectivity index (χ2v) is 6.80. The van der Waals surface area contributed by atoms with Crippen molar-refractivity contribution in [1.29, 1.82) is 0 Å². The van der Waals surface area contributed by atoms with Crippen LogP contribution >= 0.6 is 11.8 Å². The smallest absolute Gasteiger partial charge is 0.306 e. The molecule has 1 saturated carbocycles. The number of carboxylic acid groups (broad SMARTS) is 1. The zero-order valence-corrected chi connectivity index (χ0v) is 12.1. The molecule has 0 aliphatic heterocycles. The lowest BCUT2D eigenvalue weighted by molar-refractivity contribution is -0.143. The van der Waals surface area contributed by atoms with E-state index in [9.17, 15) is 4.79 Å². The van der Waals surface area contributed by atoms with Gasteiger partial charge >= 0.3 is 5.97 Å². The predicted molar refractivity (Wildman–Crippen MR) is 77.8 cm³/mol. The Bertz CT molecular complexity index is 501. The lowest BCUT2D eigenvalue weighted by atomic mass is 9.67. The summed E-state index contributed by atoms with van der Waals surface area (Å²) in [6.45, 7) is 0. The molecule has 0 bridgehead atoms. The molecular formula is C16H20O2S. The minimum atomic E-state index is -0.606. The number of aryl methyl sites for hydroxylation is 1. The van der Waals surface area contributed by atoms with Crippen molar-refractivity contribution in [3.8, 4) is 0 Å². The lowest BCUT2D eigenvalue weighted by Crippen LogP contribution is -2.32. The number of aliphatic carboxylic acids is 1. The highest BCUT2D eigenvalue weighted by atomic mass is 32.2. The van der Waals surface area contributed by atoms with Gasteiger partial charge in [0.2, 0.25) is 0 Å². The number of carboxylic acids is 1. The van der Waals surface area contributed by atoms with E-state index in [1.165, 1.54) is 28.9 Å². The van der Waals surface area contributed by atoms with Gasteiger partial charge in [0.25, 0.3) is 0 Å². The summed E-state index contributed by atoms with van der Waals surface area (Å²) in [6, 6.07) is 6.85. The predicted octanol–water partition coefficient (Wildman–Crippen LogP) is 3.87. The third-order valence-electron chi connectivity index (χ3n) is 5.05. The Morgan fingerprint density at radius 1 is 1.32 bits per heavy atom. The van der Waals surface area contributed by atoms with Crippen molar-refractivity contribution in [1.82, 2.24) is 0 Å². The fraction of sp³-hybridized carbons (Fsp3) is 0.562. The Hall–Kier alpha value is -0.960. The molecule has 3 rings (SSSR count). The van der Waals surface area contributed by atoms with E-state index in [4.69, 9.17) is 5.11 Å². The van der Waals surface area contributed by atoms with Crippen LogP contribution in [0.2, 0.25) is 0 Å². The Morgan fingerprint density at radius 3 is 2.68 bits per heavy atom. The van der Waals surface area contributed by atoms with E-state index in [-0.39, 0.29) is 11.3 Å². The topological polar surface area (TPSA) is 37.3 Å². The Morgan fingerprint density at radius 2 is 2.05 bits per heavy atom. The van der Waals surface area contributed by atoms with E-state index in [2.05, 4.69) is 24.5 Å². The van der Waals surface area contributed by atoms with Crippen molar-refractivity contribution in [3.05, 3.63) is 29.3 Å². The van der Waals surface area contributed by atoms with Gasteiger partial charge in [-0.3, -0.25) is 4.79 Å². The average molecular weight is 276 g/mol. The van der Waals surface area contributed by atoms with E-state index in [1.807, 2.05) is 0 Å². The first-order valence-electron chi connectivity index (χ1n) is 7.05. The molecule has 0 amide bonds. The van der Waals surface area contributed by atoms with Crippen LogP contribution < -0.4 is 0 Å². The summed E-state index contributed by atoms with van der Waals surface area (Å²) in [5.41, 5.74) is 3.29. The molecule has 1 spiro atoms. The summed E-state index contributed by atoms with van der Waals surface area (Å²) in [5, 5.41) is 9.14. The lowest BCUT2D eigenvalue weighted by Gasteiger charge is -2.37. The summed E-state index contributed by atoms with van der Waals surface area (Å²) in [5.74, 6) is -0.718. The number of hydrogen-bond acceptors (Lipinski definition) is 2. The van der Waals surface area contributed by atoms with Crippen molar-refractivity contribution in [2.24, 2.45) is 5.92 Å². The molecule has 1 N–H and O–H groups in total. The number of benzene rings is 1. The van der Waals surface area contributed by atoms with Gasteiger partial charge in [-0.05, 0) is 73.5 Å². The maximum atomic E-state index is 11.1. The first-order valence-corrected chi connectivity index (χ1v) is 8.27. The van der Waals surface area contributed by atoms with E-state index >= 15 is 0 Å². The molecule has 2 aliphatic rings. The van der Waals surface area contributed by atoms with Gasteiger partial charge in [0.05, 0.1) is 5.92 Å². The highest BCUT2D eigenvalue weighted by Gasteiger charge is 2.42. The van der Waals surface area contributed by atoms with Crippen LogP contribution in [-0.4, -0.2) is 17.3 Å². The molecule has 19 heavy (non-hydrogen) atoms. The van der Waals surface area contributed by atoms with E-state index in [1.54, 1.807) is 11.8 Å². The zero-order chi connectivity index (χ0) is 13.5. The minimum Gasteiger partial charge on any atom is -0.481 e. The summed E-state index contributed by atoms with van der Waals surface area (Å²) in [7, 11) is 0. The minimum absolute atomic E-state index is 0.113. The summed E-state index contributed by atoms with van der Waals surface area (Å²) < 4.78 is 0. The molecule has 1 fully saturated rings. The van der Waals surface area contributed by atoms with Gasteiger partial charge < -0.3 is 5.11 Å². The van der Waals surface area contributed by atoms with Crippen LogP contribution in [-0.2, 0) is 16.6 Å². The van der Waals surface area contributed by atoms with Gasteiger partial charge in [0, 0.05) is 4.90 Å². The normalized spacial score (nSPS) is 29.4. The second-order valence-electron chi connectivity index (χ2n) is 5.92. The molecule has 1 aromatic rings. The van der Waals surface area contributed by atoms with Gasteiger partial charge in [-0.25, -0.2) is 0 Å². The van der Waals surface area contributed by atoms with Gasteiger partial charge in [0.1, 0.15) is 0 Å². The van der Waals surface area contributed by atoms with E-state index < -0.39 is 5.97 Å². The second kappa shape index (κ2) is 4.86. The van der Waals surface area contributed by atoms with E-state index in [0.717, 1.165) is 25.7 Å². The molecule has 0 heterocycles. The number of hydrogen-bond donors (Lipinski definition) is 1. The largest absolute Gasteiger partial charge is 0.481 e. The highest BCUT2D eigenvalue weighted by Crippen LogP contribution is 2.50. The maximum absolute atomic E-state index is 11.1. The van der Waals surface area contributed by atoms with Crippen LogP contribution in [0.1, 0.15) is 43.2 Å². The first kappa shape index (κ1) is 13.0. The van der Waals surface area contributed by atoms with Crippen LogP contribution in [0.25, 0.3) is 0 Å². The van der Waals surface area contributed by atoms with Gasteiger partial charge in [-0.2, -0.15) is 0 Å². The molecule has 1 aromatic carbocycles. The standard InChI is InChI=1S/C16H20O2S/c1-19-13-3-2-11-4-7-16(14(11)10-13)8-5-12(6-9-16)15(17)18/h2-3,10,12H,4-9H2,1H3,(H,17,18). The third kappa shape index (κ3) is 2.18. The Labute approximate surface area is 118 Å². The summed E-state index contributed by atoms with van der Waals surface area (Å²) in [6.07, 6.45) is 8.29. The van der Waals surface area contributed by atoms with Gasteiger partial charge in [-0.1, -0.05) is 6.07 Å². The highest BCUT2D eigenvalue weighted by molar-refractivity contribution is 7.98. The van der Waals surface area contributed by atoms with Crippen LogP contribution in [0.4, 0.5) is 0 Å². The molecule has 0 atom stereocenters. The maximum Gasteiger partial charge on any atom is 0.306 e. The van der Waals surface area contributed by atoms with Crippen molar-refractivity contribution in [3.63, 3.8) is 0 Å². The van der Waals surface area contributed by atoms with Crippen molar-refractivity contribution >= 4 is 17.7 Å². The van der Waals surface area contributed by atoms with E-state index in [0.29, 0.717) is 0 Å². The molecule has 0 unspecified atom stereocenters. The average Bonchev–Trinajstić information content (AvgIpc) is 2.78. The molecule has 2 nitrogen and oxygen atoms in total. The zero-order valence-electron chi connectivity index (χ0n) is 11.3. The molecule has 0 saturated heterocycles. The summed E-state index contributed by atoms with van der Waals surface area (Å²) >= 11 is 1.79. The van der Waals surface area contributed by atoms with Gasteiger partial charge in [0.15, 0.2) is 0 Å². The molecular weight excluding hydrogens is 256 g/mol. The van der Waals surface area contributed by atoms with Crippen LogP contribution in [0.5, 0.6) is 0 Å². The summed E-state index contributed by atoms with van der Waals surface area (Å²) in [4.78, 5) is 12.4. The quantitative estimate of drug-likeness (QED) is 0.833. The molecule has 2 aliphatic carbocycles. The van der Waals surface area contributed by atoms with Crippen molar-refractivity contribution in [2.75, 3.05) is 6.26 Å². The molecule has 0 radical (unpaired) electrons. The van der Waals surface area contributed by atoms with Crippen LogP contribution in [0.15, 0.2) is 23.1 Å². The Balaban J connectivity index is 1.87. The molecule has 3 heteroatoms. The SMILES string of the molecule is CSc1ccc2c(c1)C1(CC2)CCC(C(=O)O)CC1. The monoisotopic (exact) mass is 276 g/mol. The number of carbonyl (C=O) groups is 1. The number of rotatable bonds is 2. The van der Waals surface area contributed by atoms with Crippen molar-refractivity contribution in [2.45, 2.75) is 48.8 Å². The van der Waals surface area contributed by atoms with Crippen LogP contribution in [0.3, 0.4) is 0 Å². The van der Waals surface area contributed by atoms with Gasteiger partial charge in [-0.15, -0.1) is 11.8 Å². The third-order valence-corrected chi connectivity index (χ3v) is 5.78.